The molecule has 3 aromatic heterocycles. The van der Waals surface area contributed by atoms with E-state index in [1.165, 1.54) is 11.8 Å². The van der Waals surface area contributed by atoms with E-state index in [9.17, 15) is 4.79 Å². The number of thioether (sulfide) groups is 1. The Morgan fingerprint density at radius 1 is 1.22 bits per heavy atom. The van der Waals surface area contributed by atoms with Gasteiger partial charge in [-0.2, -0.15) is 0 Å². The zero-order chi connectivity index (χ0) is 19.1. The highest BCUT2D eigenvalue weighted by molar-refractivity contribution is 9.10. The summed E-state index contributed by atoms with van der Waals surface area (Å²) >= 11 is 6.36. The fraction of sp³-hybridized carbons (Fsp3) is 0.222. The molecule has 0 saturated carbocycles. The van der Waals surface area contributed by atoms with Crippen LogP contribution in [0.1, 0.15) is 16.3 Å². The van der Waals surface area contributed by atoms with E-state index in [0.717, 1.165) is 25.3 Å². The molecule has 27 heavy (non-hydrogen) atoms. The minimum Gasteiger partial charge on any atom is -0.420 e. The molecule has 0 bridgehead atoms. The van der Waals surface area contributed by atoms with E-state index >= 15 is 0 Å². The SMILES string of the molecule is Cc1sc2nc(SCc3nnc(-c4ccc(Br)cc4)o3)n(C)c(=O)c2c1C. The van der Waals surface area contributed by atoms with Crippen LogP contribution in [-0.2, 0) is 12.8 Å². The Kier molecular flexibility index (Phi) is 4.92. The molecule has 0 radical (unpaired) electrons. The quantitative estimate of drug-likeness (QED) is 0.322. The number of rotatable bonds is 4. The van der Waals surface area contributed by atoms with Gasteiger partial charge in [0.05, 0.1) is 11.1 Å². The third kappa shape index (κ3) is 3.46. The molecule has 0 aliphatic heterocycles. The van der Waals surface area contributed by atoms with Crippen molar-refractivity contribution in [1.29, 1.82) is 0 Å². The lowest BCUT2D eigenvalue weighted by molar-refractivity contribution is 0.528. The van der Waals surface area contributed by atoms with Crippen molar-refractivity contribution in [2.75, 3.05) is 0 Å². The van der Waals surface area contributed by atoms with Crippen LogP contribution in [0.2, 0.25) is 0 Å². The number of thiophene rings is 1. The number of nitrogens with zero attached hydrogens (tertiary/aromatic N) is 4. The molecule has 9 heteroatoms. The summed E-state index contributed by atoms with van der Waals surface area (Å²) in [6.07, 6.45) is 0. The van der Waals surface area contributed by atoms with Crippen molar-refractivity contribution in [2.45, 2.75) is 24.8 Å². The zero-order valence-electron chi connectivity index (χ0n) is 14.8. The Balaban J connectivity index is 1.58. The van der Waals surface area contributed by atoms with Crippen LogP contribution in [0.15, 0.2) is 43.1 Å². The maximum Gasteiger partial charge on any atom is 0.262 e. The Hall–Kier alpha value is -1.97. The van der Waals surface area contributed by atoms with Gasteiger partial charge in [0.25, 0.3) is 5.56 Å². The van der Waals surface area contributed by atoms with Gasteiger partial charge < -0.3 is 4.42 Å². The monoisotopic (exact) mass is 462 g/mol. The van der Waals surface area contributed by atoms with Crippen molar-refractivity contribution >= 4 is 49.2 Å². The molecule has 3 heterocycles. The van der Waals surface area contributed by atoms with E-state index in [-0.39, 0.29) is 5.56 Å². The summed E-state index contributed by atoms with van der Waals surface area (Å²) in [5, 5.41) is 9.55. The molecule has 0 amide bonds. The van der Waals surface area contributed by atoms with Crippen molar-refractivity contribution in [3.63, 3.8) is 0 Å². The molecule has 0 saturated heterocycles. The van der Waals surface area contributed by atoms with Crippen LogP contribution in [0.25, 0.3) is 21.7 Å². The van der Waals surface area contributed by atoms with Gasteiger partial charge >= 0.3 is 0 Å². The lowest BCUT2D eigenvalue weighted by Gasteiger charge is -2.05. The van der Waals surface area contributed by atoms with Crippen LogP contribution < -0.4 is 5.56 Å². The number of benzene rings is 1. The summed E-state index contributed by atoms with van der Waals surface area (Å²) in [5.74, 6) is 1.41. The average molecular weight is 463 g/mol. The first kappa shape index (κ1) is 18.4. The Morgan fingerprint density at radius 3 is 2.70 bits per heavy atom. The lowest BCUT2D eigenvalue weighted by atomic mass is 10.2. The molecular formula is C18H15BrN4O2S2. The standard InChI is InChI=1S/C18H15BrN4O2S2/c1-9-10(2)27-16-14(9)17(24)23(3)18(20-16)26-8-13-21-22-15(25-13)11-4-6-12(19)7-5-11/h4-7H,8H2,1-3H3. The Morgan fingerprint density at radius 2 is 1.96 bits per heavy atom. The molecular weight excluding hydrogens is 448 g/mol. The van der Waals surface area contributed by atoms with Crippen LogP contribution in [0.4, 0.5) is 0 Å². The van der Waals surface area contributed by atoms with Crippen LogP contribution in [0.3, 0.4) is 0 Å². The van der Waals surface area contributed by atoms with E-state index in [1.807, 2.05) is 38.1 Å². The van der Waals surface area contributed by atoms with Gasteiger partial charge in [-0.25, -0.2) is 4.98 Å². The molecule has 6 nitrogen and oxygen atoms in total. The summed E-state index contributed by atoms with van der Waals surface area (Å²) in [7, 11) is 1.74. The molecule has 0 aliphatic rings. The highest BCUT2D eigenvalue weighted by Gasteiger charge is 2.16. The molecule has 4 rings (SSSR count). The fourth-order valence-corrected chi connectivity index (χ4v) is 4.78. The molecule has 138 valence electrons. The van der Waals surface area contributed by atoms with E-state index < -0.39 is 0 Å². The minimum atomic E-state index is -0.0227. The Bertz CT molecular complexity index is 1190. The third-order valence-electron chi connectivity index (χ3n) is 4.25. The largest absolute Gasteiger partial charge is 0.420 e. The van der Waals surface area contributed by atoms with Gasteiger partial charge in [-0.15, -0.1) is 21.5 Å². The first-order valence-electron chi connectivity index (χ1n) is 8.12. The van der Waals surface area contributed by atoms with E-state index in [2.05, 4.69) is 31.1 Å². The topological polar surface area (TPSA) is 73.8 Å². The van der Waals surface area contributed by atoms with Crippen LogP contribution in [0, 0.1) is 13.8 Å². The average Bonchev–Trinajstić information content (AvgIpc) is 3.23. The van der Waals surface area contributed by atoms with Crippen molar-refractivity contribution in [2.24, 2.45) is 7.05 Å². The number of hydrogen-bond donors (Lipinski definition) is 0. The fourth-order valence-electron chi connectivity index (χ4n) is 2.63. The first-order chi connectivity index (χ1) is 12.9. The second-order valence-corrected chi connectivity index (χ2v) is 9.08. The molecule has 0 aliphatic carbocycles. The van der Waals surface area contributed by atoms with Crippen molar-refractivity contribution < 1.29 is 4.42 Å². The highest BCUT2D eigenvalue weighted by atomic mass is 79.9. The molecule has 0 fully saturated rings. The van der Waals surface area contributed by atoms with Gasteiger partial charge in [0, 0.05) is 22.0 Å². The van der Waals surface area contributed by atoms with E-state index in [0.29, 0.717) is 28.1 Å². The van der Waals surface area contributed by atoms with Crippen molar-refractivity contribution in [3.05, 3.63) is 55.4 Å². The normalized spacial score (nSPS) is 11.4. The number of hydrogen-bond acceptors (Lipinski definition) is 7. The molecule has 1 aromatic carbocycles. The number of aromatic nitrogens is 4. The molecule has 0 N–H and O–H groups in total. The van der Waals surface area contributed by atoms with Crippen molar-refractivity contribution in [3.8, 4) is 11.5 Å². The minimum absolute atomic E-state index is 0.0227. The zero-order valence-corrected chi connectivity index (χ0v) is 18.0. The molecule has 0 atom stereocenters. The summed E-state index contributed by atoms with van der Waals surface area (Å²) in [6.45, 7) is 3.97. The third-order valence-corrected chi connectivity index (χ3v) is 6.90. The van der Waals surface area contributed by atoms with Crippen molar-refractivity contribution in [1.82, 2.24) is 19.7 Å². The second-order valence-electron chi connectivity index (χ2n) is 6.02. The predicted octanol–water partition coefficient (Wildman–Crippen LogP) is 4.72. The maximum atomic E-state index is 12.7. The lowest BCUT2D eigenvalue weighted by Crippen LogP contribution is -2.19. The number of halogens is 1. The molecule has 4 aromatic rings. The van der Waals surface area contributed by atoms with E-state index in [1.54, 1.807) is 23.0 Å². The summed E-state index contributed by atoms with van der Waals surface area (Å²) in [5.41, 5.74) is 1.85. The second kappa shape index (κ2) is 7.21. The Labute approximate surface area is 171 Å². The van der Waals surface area contributed by atoms with Gasteiger partial charge in [-0.05, 0) is 43.7 Å². The first-order valence-corrected chi connectivity index (χ1v) is 10.7. The maximum absolute atomic E-state index is 12.7. The van der Waals surface area contributed by atoms with Crippen LogP contribution in [-0.4, -0.2) is 19.7 Å². The molecule has 0 spiro atoms. The predicted molar refractivity (Wildman–Crippen MR) is 111 cm³/mol. The molecule has 0 unspecified atom stereocenters. The van der Waals surface area contributed by atoms with Crippen LogP contribution in [0.5, 0.6) is 0 Å². The highest BCUT2D eigenvalue weighted by Crippen LogP contribution is 2.29. The van der Waals surface area contributed by atoms with Crippen LogP contribution >= 0.6 is 39.0 Å². The summed E-state index contributed by atoms with van der Waals surface area (Å²) in [4.78, 5) is 19.2. The van der Waals surface area contributed by atoms with Gasteiger partial charge in [-0.3, -0.25) is 9.36 Å². The smallest absolute Gasteiger partial charge is 0.262 e. The number of fused-ring (bicyclic) bond motifs is 1. The summed E-state index contributed by atoms with van der Waals surface area (Å²) in [6, 6.07) is 7.67. The number of aryl methyl sites for hydroxylation is 2. The van der Waals surface area contributed by atoms with E-state index in [4.69, 9.17) is 4.42 Å². The summed E-state index contributed by atoms with van der Waals surface area (Å²) < 4.78 is 8.31. The van der Waals surface area contributed by atoms with Gasteiger partial charge in [-0.1, -0.05) is 27.7 Å². The van der Waals surface area contributed by atoms with Gasteiger partial charge in [0.1, 0.15) is 4.83 Å². The van der Waals surface area contributed by atoms with Gasteiger partial charge in [0.2, 0.25) is 11.8 Å². The van der Waals surface area contributed by atoms with Gasteiger partial charge in [0.15, 0.2) is 5.16 Å².